The summed E-state index contributed by atoms with van der Waals surface area (Å²) in [5, 5.41) is 1.69. The summed E-state index contributed by atoms with van der Waals surface area (Å²) in [6.45, 7) is 2.63. The standard InChI is InChI=1S/C22H20ClNO2S/c1-2-3-4-5-13-24-21(25)16-8-6-7-15-14(18-11-12-19(23)27-18)9-10-17(20(15)16)22(24)26/h6-12H,2-5,13H2,1H3. The number of amides is 2. The van der Waals surface area contributed by atoms with Crippen LogP contribution in [0.1, 0.15) is 53.3 Å². The monoisotopic (exact) mass is 397 g/mol. The second-order valence-electron chi connectivity index (χ2n) is 6.82. The molecular weight excluding hydrogens is 378 g/mol. The SMILES string of the molecule is CCCCCCN1C(=O)c2cccc3c(-c4ccc(Cl)s4)ccc(c23)C1=O. The zero-order valence-electron chi connectivity index (χ0n) is 15.1. The number of thiophene rings is 1. The number of carbonyl (C=O) groups excluding carboxylic acids is 2. The van der Waals surface area contributed by atoms with E-state index in [1.54, 1.807) is 0 Å². The van der Waals surface area contributed by atoms with Crippen LogP contribution in [-0.2, 0) is 0 Å². The Balaban J connectivity index is 1.78. The maximum atomic E-state index is 13.0. The molecule has 27 heavy (non-hydrogen) atoms. The molecule has 5 heteroatoms. The van der Waals surface area contributed by atoms with Crippen molar-refractivity contribution in [1.29, 1.82) is 0 Å². The van der Waals surface area contributed by atoms with Crippen LogP contribution in [-0.4, -0.2) is 23.3 Å². The van der Waals surface area contributed by atoms with Gasteiger partial charge in [0.05, 0.1) is 4.34 Å². The van der Waals surface area contributed by atoms with Crippen molar-refractivity contribution in [3.63, 3.8) is 0 Å². The second kappa shape index (κ2) is 7.45. The van der Waals surface area contributed by atoms with Crippen LogP contribution in [0.25, 0.3) is 21.2 Å². The Morgan fingerprint density at radius 3 is 2.33 bits per heavy atom. The normalized spacial score (nSPS) is 13.6. The summed E-state index contributed by atoms with van der Waals surface area (Å²) in [4.78, 5) is 28.5. The molecular formula is C22H20ClNO2S. The minimum absolute atomic E-state index is 0.184. The van der Waals surface area contributed by atoms with E-state index in [1.807, 2.05) is 42.5 Å². The first-order valence-corrected chi connectivity index (χ1v) is 10.5. The maximum Gasteiger partial charge on any atom is 0.261 e. The highest BCUT2D eigenvalue weighted by molar-refractivity contribution is 7.19. The lowest BCUT2D eigenvalue weighted by Gasteiger charge is -2.27. The van der Waals surface area contributed by atoms with Gasteiger partial charge in [0.2, 0.25) is 0 Å². The number of unbranched alkanes of at least 4 members (excludes halogenated alkanes) is 3. The highest BCUT2D eigenvalue weighted by Gasteiger charge is 2.32. The topological polar surface area (TPSA) is 37.4 Å². The van der Waals surface area contributed by atoms with Gasteiger partial charge in [-0.25, -0.2) is 0 Å². The number of halogens is 1. The quantitative estimate of drug-likeness (QED) is 0.356. The molecule has 1 aliphatic heterocycles. The highest BCUT2D eigenvalue weighted by Crippen LogP contribution is 2.39. The number of hydrogen-bond donors (Lipinski definition) is 0. The van der Waals surface area contributed by atoms with Gasteiger partial charge in [0.15, 0.2) is 0 Å². The lowest BCUT2D eigenvalue weighted by Crippen LogP contribution is -2.40. The van der Waals surface area contributed by atoms with Gasteiger partial charge in [0.1, 0.15) is 0 Å². The van der Waals surface area contributed by atoms with Gasteiger partial charge >= 0.3 is 0 Å². The van der Waals surface area contributed by atoms with Gasteiger partial charge in [-0.15, -0.1) is 11.3 Å². The Hall–Kier alpha value is -2.17. The molecule has 2 heterocycles. The summed E-state index contributed by atoms with van der Waals surface area (Å²) in [5.74, 6) is -0.369. The Bertz CT molecular complexity index is 1020. The number of imide groups is 1. The third-order valence-corrected chi connectivity index (χ3v) is 6.33. The van der Waals surface area contributed by atoms with Crippen molar-refractivity contribution < 1.29 is 9.59 Å². The summed E-state index contributed by atoms with van der Waals surface area (Å²) in [5.41, 5.74) is 2.23. The fraction of sp³-hybridized carbons (Fsp3) is 0.273. The third-order valence-electron chi connectivity index (χ3n) is 5.07. The fourth-order valence-electron chi connectivity index (χ4n) is 3.72. The van der Waals surface area contributed by atoms with Crippen molar-refractivity contribution in [3.8, 4) is 10.4 Å². The molecule has 138 valence electrons. The van der Waals surface area contributed by atoms with E-state index in [2.05, 4.69) is 6.92 Å². The molecule has 0 saturated heterocycles. The van der Waals surface area contributed by atoms with Gasteiger partial charge in [-0.2, -0.15) is 0 Å². The summed E-state index contributed by atoms with van der Waals surface area (Å²) in [6, 6.07) is 13.3. The molecule has 3 nitrogen and oxygen atoms in total. The van der Waals surface area contributed by atoms with Crippen LogP contribution in [0.5, 0.6) is 0 Å². The van der Waals surface area contributed by atoms with Crippen molar-refractivity contribution in [2.75, 3.05) is 6.54 Å². The van der Waals surface area contributed by atoms with Crippen LogP contribution in [0.4, 0.5) is 0 Å². The van der Waals surface area contributed by atoms with E-state index in [4.69, 9.17) is 11.6 Å². The van der Waals surface area contributed by atoms with Gasteiger partial charge < -0.3 is 0 Å². The smallest absolute Gasteiger partial charge is 0.261 e. The molecule has 0 aliphatic carbocycles. The number of carbonyl (C=O) groups is 2. The maximum absolute atomic E-state index is 13.0. The zero-order valence-corrected chi connectivity index (χ0v) is 16.7. The molecule has 0 atom stereocenters. The molecule has 1 aliphatic rings. The molecule has 0 radical (unpaired) electrons. The summed E-state index contributed by atoms with van der Waals surface area (Å²) in [7, 11) is 0. The predicted octanol–water partition coefficient (Wildman–Crippen LogP) is 6.40. The largest absolute Gasteiger partial charge is 0.274 e. The first-order chi connectivity index (χ1) is 13.1. The van der Waals surface area contributed by atoms with Crippen molar-refractivity contribution in [1.82, 2.24) is 4.90 Å². The van der Waals surface area contributed by atoms with Crippen LogP contribution >= 0.6 is 22.9 Å². The number of benzene rings is 2. The zero-order chi connectivity index (χ0) is 19.0. The Labute approximate surface area is 167 Å². The average Bonchev–Trinajstić information content (AvgIpc) is 3.11. The van der Waals surface area contributed by atoms with Crippen LogP contribution in [0.15, 0.2) is 42.5 Å². The summed E-state index contributed by atoms with van der Waals surface area (Å²) >= 11 is 7.60. The number of nitrogens with zero attached hydrogens (tertiary/aromatic N) is 1. The Morgan fingerprint density at radius 1 is 0.889 bits per heavy atom. The molecule has 2 amide bonds. The molecule has 3 aromatic rings. The molecule has 4 rings (SSSR count). The van der Waals surface area contributed by atoms with Crippen molar-refractivity contribution in [3.05, 3.63) is 57.9 Å². The van der Waals surface area contributed by atoms with Gasteiger partial charge in [-0.1, -0.05) is 56.0 Å². The van der Waals surface area contributed by atoms with Gasteiger partial charge in [-0.05, 0) is 41.6 Å². The van der Waals surface area contributed by atoms with Crippen LogP contribution in [0, 0.1) is 0 Å². The molecule has 2 aromatic carbocycles. The van der Waals surface area contributed by atoms with Gasteiger partial charge in [0.25, 0.3) is 11.8 Å². The minimum atomic E-state index is -0.184. The van der Waals surface area contributed by atoms with Crippen molar-refractivity contribution in [2.24, 2.45) is 0 Å². The molecule has 0 bridgehead atoms. The molecule has 0 spiro atoms. The van der Waals surface area contributed by atoms with Crippen molar-refractivity contribution in [2.45, 2.75) is 32.6 Å². The lowest BCUT2D eigenvalue weighted by molar-refractivity contribution is 0.0608. The summed E-state index contributed by atoms with van der Waals surface area (Å²) in [6.07, 6.45) is 4.12. The van der Waals surface area contributed by atoms with Gasteiger partial charge in [0, 0.05) is 27.9 Å². The van der Waals surface area contributed by atoms with E-state index in [-0.39, 0.29) is 11.8 Å². The van der Waals surface area contributed by atoms with Crippen LogP contribution in [0.3, 0.4) is 0 Å². The Kier molecular flexibility index (Phi) is 5.02. The van der Waals surface area contributed by atoms with Crippen LogP contribution in [0.2, 0.25) is 4.34 Å². The van der Waals surface area contributed by atoms with E-state index in [1.165, 1.54) is 16.2 Å². The minimum Gasteiger partial charge on any atom is -0.274 e. The van der Waals surface area contributed by atoms with Gasteiger partial charge in [-0.3, -0.25) is 14.5 Å². The average molecular weight is 398 g/mol. The first-order valence-electron chi connectivity index (χ1n) is 9.29. The fourth-order valence-corrected chi connectivity index (χ4v) is 4.80. The lowest BCUT2D eigenvalue weighted by atomic mass is 9.90. The molecule has 0 saturated carbocycles. The van der Waals surface area contributed by atoms with Crippen molar-refractivity contribution >= 4 is 45.5 Å². The van der Waals surface area contributed by atoms with Crippen LogP contribution < -0.4 is 0 Å². The summed E-state index contributed by atoms with van der Waals surface area (Å²) < 4.78 is 0.718. The van der Waals surface area contributed by atoms with E-state index >= 15 is 0 Å². The molecule has 0 fully saturated rings. The third kappa shape index (κ3) is 3.17. The Morgan fingerprint density at radius 2 is 1.63 bits per heavy atom. The van der Waals surface area contributed by atoms with E-state index in [0.29, 0.717) is 17.7 Å². The van der Waals surface area contributed by atoms with E-state index < -0.39 is 0 Å². The molecule has 1 aromatic heterocycles. The van der Waals surface area contributed by atoms with E-state index in [9.17, 15) is 9.59 Å². The second-order valence-corrected chi connectivity index (χ2v) is 8.53. The molecule has 0 unspecified atom stereocenters. The first kappa shape index (κ1) is 18.2. The molecule has 0 N–H and O–H groups in total. The number of hydrogen-bond acceptors (Lipinski definition) is 3. The van der Waals surface area contributed by atoms with E-state index in [0.717, 1.165) is 51.2 Å². The highest BCUT2D eigenvalue weighted by atomic mass is 35.5. The number of rotatable bonds is 6. The predicted molar refractivity (Wildman–Crippen MR) is 112 cm³/mol.